The highest BCUT2D eigenvalue weighted by atomic mass is 19.4. The Morgan fingerprint density at radius 3 is 2.48 bits per heavy atom. The number of alkyl halides is 3. The Hall–Kier alpha value is -2.11. The van der Waals surface area contributed by atoms with Crippen LogP contribution in [0.1, 0.15) is 40.7 Å². The van der Waals surface area contributed by atoms with Gasteiger partial charge in [0.25, 0.3) is 0 Å². The summed E-state index contributed by atoms with van der Waals surface area (Å²) in [7, 11) is 0. The maximum atomic E-state index is 13.4. The van der Waals surface area contributed by atoms with Gasteiger partial charge in [0.15, 0.2) is 0 Å². The van der Waals surface area contributed by atoms with Crippen LogP contribution in [0.25, 0.3) is 6.08 Å². The number of rotatable bonds is 3. The molecule has 2 nitrogen and oxygen atoms in total. The van der Waals surface area contributed by atoms with Gasteiger partial charge in [-0.15, -0.1) is 0 Å². The summed E-state index contributed by atoms with van der Waals surface area (Å²) in [5.41, 5.74) is 2.55. The van der Waals surface area contributed by atoms with E-state index in [1.54, 1.807) is 6.07 Å². The van der Waals surface area contributed by atoms with Crippen LogP contribution in [0.5, 0.6) is 0 Å². The van der Waals surface area contributed by atoms with Crippen LogP contribution in [0.4, 0.5) is 13.2 Å². The van der Waals surface area contributed by atoms with Gasteiger partial charge in [-0.05, 0) is 54.3 Å². The molecule has 0 radical (unpaired) electrons. The number of hydrogen-bond acceptors (Lipinski definition) is 2. The van der Waals surface area contributed by atoms with E-state index in [0.717, 1.165) is 32.0 Å². The fraction of sp³-hybridized carbons (Fsp3) is 0.364. The minimum atomic E-state index is -4.41. The van der Waals surface area contributed by atoms with Crippen LogP contribution in [-0.4, -0.2) is 23.1 Å². The van der Waals surface area contributed by atoms with Gasteiger partial charge in [0, 0.05) is 12.0 Å². The first-order valence-corrected chi connectivity index (χ1v) is 9.22. The van der Waals surface area contributed by atoms with Gasteiger partial charge < -0.3 is 5.11 Å². The summed E-state index contributed by atoms with van der Waals surface area (Å²) in [6.07, 6.45) is 1.85. The predicted octanol–water partition coefficient (Wildman–Crippen LogP) is 4.76. The number of piperidine rings is 1. The van der Waals surface area contributed by atoms with Gasteiger partial charge in [-0.25, -0.2) is 0 Å². The van der Waals surface area contributed by atoms with Crippen LogP contribution in [0, 0.1) is 0 Å². The van der Waals surface area contributed by atoms with Gasteiger partial charge in [-0.2, -0.15) is 13.2 Å². The van der Waals surface area contributed by atoms with Gasteiger partial charge >= 0.3 is 6.18 Å². The number of likely N-dealkylation sites (tertiary alicyclic amines) is 1. The molecule has 1 fully saturated rings. The largest absolute Gasteiger partial charge is 0.416 e. The van der Waals surface area contributed by atoms with Crippen molar-refractivity contribution in [1.29, 1.82) is 0 Å². The number of fused-ring (bicyclic) bond motifs is 2. The van der Waals surface area contributed by atoms with E-state index in [0.29, 0.717) is 0 Å². The lowest BCUT2D eigenvalue weighted by molar-refractivity contribution is -0.138. The van der Waals surface area contributed by atoms with Gasteiger partial charge in [0.05, 0.1) is 12.2 Å². The first-order chi connectivity index (χ1) is 12.9. The zero-order chi connectivity index (χ0) is 19.1. The van der Waals surface area contributed by atoms with E-state index < -0.39 is 11.7 Å². The molecule has 1 heterocycles. The molecule has 2 aliphatic rings. The molecule has 1 N–H and O–H groups in total. The van der Waals surface area contributed by atoms with Gasteiger partial charge in [-0.1, -0.05) is 48.6 Å². The van der Waals surface area contributed by atoms with Crippen LogP contribution >= 0.6 is 0 Å². The quantitative estimate of drug-likeness (QED) is 0.839. The van der Waals surface area contributed by atoms with Crippen molar-refractivity contribution < 1.29 is 18.3 Å². The Morgan fingerprint density at radius 1 is 1.04 bits per heavy atom. The van der Waals surface area contributed by atoms with Crippen LogP contribution < -0.4 is 0 Å². The minimum Gasteiger partial charge on any atom is -0.392 e. The highest BCUT2D eigenvalue weighted by Gasteiger charge is 2.39. The summed E-state index contributed by atoms with van der Waals surface area (Å²) in [5, 5.41) is 9.15. The third-order valence-electron chi connectivity index (χ3n) is 5.88. The zero-order valence-electron chi connectivity index (χ0n) is 15.0. The lowest BCUT2D eigenvalue weighted by Gasteiger charge is -2.39. The third kappa shape index (κ3) is 3.42. The first kappa shape index (κ1) is 18.3. The normalized spacial score (nSPS) is 18.8. The Bertz CT molecular complexity index is 864. The van der Waals surface area contributed by atoms with Crippen LogP contribution in [-0.2, 0) is 24.7 Å². The second-order valence-corrected chi connectivity index (χ2v) is 7.50. The van der Waals surface area contributed by atoms with Crippen molar-refractivity contribution >= 4 is 6.08 Å². The number of halogens is 3. The molecular weight excluding hydrogens is 351 g/mol. The van der Waals surface area contributed by atoms with E-state index in [9.17, 15) is 13.2 Å². The second kappa shape index (κ2) is 6.80. The average Bonchev–Trinajstić information content (AvgIpc) is 3.02. The standard InChI is InChI=1S/C22H22F3NO/c23-22(24,25)20-13-16(15-27)5-6-18(20)14-26-11-9-21(10-12-26)8-7-17-3-1-2-4-19(17)21/h1-8,13,27H,9-12,14-15H2. The van der Waals surface area contributed by atoms with Crippen LogP contribution in [0.3, 0.4) is 0 Å². The van der Waals surface area contributed by atoms with Gasteiger partial charge in [0.1, 0.15) is 0 Å². The summed E-state index contributed by atoms with van der Waals surface area (Å²) in [4.78, 5) is 2.10. The summed E-state index contributed by atoms with van der Waals surface area (Å²) < 4.78 is 40.2. The van der Waals surface area contributed by atoms with E-state index in [1.807, 2.05) is 6.07 Å². The van der Waals surface area contributed by atoms with Crippen molar-refractivity contribution in [2.24, 2.45) is 0 Å². The van der Waals surface area contributed by atoms with E-state index in [4.69, 9.17) is 5.11 Å². The monoisotopic (exact) mass is 373 g/mol. The maximum Gasteiger partial charge on any atom is 0.416 e. The maximum absolute atomic E-state index is 13.4. The minimum absolute atomic E-state index is 0.0285. The molecule has 0 atom stereocenters. The van der Waals surface area contributed by atoms with E-state index in [-0.39, 0.29) is 29.7 Å². The predicted molar refractivity (Wildman–Crippen MR) is 99.0 cm³/mol. The van der Waals surface area contributed by atoms with Crippen LogP contribution in [0.2, 0.25) is 0 Å². The molecule has 5 heteroatoms. The molecule has 0 amide bonds. The smallest absolute Gasteiger partial charge is 0.392 e. The van der Waals surface area contributed by atoms with Crippen molar-refractivity contribution in [2.75, 3.05) is 13.1 Å². The summed E-state index contributed by atoms with van der Waals surface area (Å²) in [5.74, 6) is 0. The number of nitrogens with zero attached hydrogens (tertiary/aromatic N) is 1. The van der Waals surface area contributed by atoms with Crippen molar-refractivity contribution in [2.45, 2.75) is 37.6 Å². The Balaban J connectivity index is 1.50. The molecule has 0 bridgehead atoms. The Morgan fingerprint density at radius 2 is 1.78 bits per heavy atom. The second-order valence-electron chi connectivity index (χ2n) is 7.50. The summed E-state index contributed by atoms with van der Waals surface area (Å²) in [6.45, 7) is 1.42. The number of hydrogen-bond donors (Lipinski definition) is 1. The Labute approximate surface area is 156 Å². The number of aliphatic hydroxyl groups excluding tert-OH is 1. The highest BCUT2D eigenvalue weighted by molar-refractivity contribution is 5.65. The lowest BCUT2D eigenvalue weighted by Crippen LogP contribution is -2.40. The molecule has 1 aliphatic heterocycles. The highest BCUT2D eigenvalue weighted by Crippen LogP contribution is 2.44. The molecule has 1 aliphatic carbocycles. The fourth-order valence-corrected chi connectivity index (χ4v) is 4.35. The van der Waals surface area contributed by atoms with E-state index >= 15 is 0 Å². The average molecular weight is 373 g/mol. The summed E-state index contributed by atoms with van der Waals surface area (Å²) in [6, 6.07) is 12.5. The first-order valence-electron chi connectivity index (χ1n) is 9.22. The molecule has 27 heavy (non-hydrogen) atoms. The molecule has 2 aromatic carbocycles. The molecule has 2 aromatic rings. The molecule has 1 saturated heterocycles. The van der Waals surface area contributed by atoms with Gasteiger partial charge in [-0.3, -0.25) is 4.90 Å². The number of benzene rings is 2. The van der Waals surface area contributed by atoms with Crippen LogP contribution in [0.15, 0.2) is 48.5 Å². The molecule has 4 rings (SSSR count). The molecule has 0 unspecified atom stereocenters. The van der Waals surface area contributed by atoms with Crippen molar-refractivity contribution in [1.82, 2.24) is 4.90 Å². The lowest BCUT2D eigenvalue weighted by atomic mass is 9.74. The zero-order valence-corrected chi connectivity index (χ0v) is 15.0. The molecule has 0 saturated carbocycles. The number of allylic oxidation sites excluding steroid dienone is 1. The van der Waals surface area contributed by atoms with Crippen molar-refractivity contribution in [3.8, 4) is 0 Å². The van der Waals surface area contributed by atoms with E-state index in [1.165, 1.54) is 17.2 Å². The van der Waals surface area contributed by atoms with E-state index in [2.05, 4.69) is 35.3 Å². The van der Waals surface area contributed by atoms with Crippen molar-refractivity contribution in [3.05, 3.63) is 76.4 Å². The number of aliphatic hydroxyl groups is 1. The Kier molecular flexibility index (Phi) is 4.60. The summed E-state index contributed by atoms with van der Waals surface area (Å²) >= 11 is 0. The third-order valence-corrected chi connectivity index (χ3v) is 5.88. The molecule has 1 spiro atoms. The van der Waals surface area contributed by atoms with Gasteiger partial charge in [0.2, 0.25) is 0 Å². The topological polar surface area (TPSA) is 23.5 Å². The fourth-order valence-electron chi connectivity index (χ4n) is 4.35. The van der Waals surface area contributed by atoms with Crippen molar-refractivity contribution in [3.63, 3.8) is 0 Å². The SMILES string of the molecule is OCc1ccc(CN2CCC3(C=Cc4ccccc43)CC2)c(C(F)(F)F)c1. The molecule has 142 valence electrons. The molecular formula is C22H22F3NO. The molecule has 0 aromatic heterocycles.